The molecule has 1 saturated carbocycles. The highest BCUT2D eigenvalue weighted by molar-refractivity contribution is 5.79. The fourth-order valence-corrected chi connectivity index (χ4v) is 5.29. The molecule has 1 amide bonds. The monoisotopic (exact) mass is 473 g/mol. The second-order valence-corrected chi connectivity index (χ2v) is 10.5. The van der Waals surface area contributed by atoms with Gasteiger partial charge in [-0.1, -0.05) is 59.0 Å². The van der Waals surface area contributed by atoms with Gasteiger partial charge in [0.1, 0.15) is 11.5 Å². The topological polar surface area (TPSA) is 70.0 Å². The van der Waals surface area contributed by atoms with Gasteiger partial charge in [-0.2, -0.15) is 0 Å². The first-order valence-corrected chi connectivity index (χ1v) is 13.2. The highest BCUT2D eigenvalue weighted by Gasteiger charge is 2.34. The molecule has 2 unspecified atom stereocenters. The highest BCUT2D eigenvalue weighted by atomic mass is 16.5. The lowest BCUT2D eigenvalue weighted by atomic mass is 9.75. The van der Waals surface area contributed by atoms with Crippen LogP contribution in [0.2, 0.25) is 0 Å². The molecule has 192 valence electrons. The summed E-state index contributed by atoms with van der Waals surface area (Å²) in [6, 6.07) is 3.70. The van der Waals surface area contributed by atoms with Gasteiger partial charge in [0.15, 0.2) is 0 Å². The summed E-state index contributed by atoms with van der Waals surface area (Å²) in [4.78, 5) is 14.9. The first-order chi connectivity index (χ1) is 16.2. The molecule has 5 heteroatoms. The van der Waals surface area contributed by atoms with Gasteiger partial charge in [0, 0.05) is 24.6 Å². The summed E-state index contributed by atoms with van der Waals surface area (Å²) in [5, 5.41) is 21.8. The van der Waals surface area contributed by atoms with Crippen LogP contribution in [0.25, 0.3) is 0 Å². The van der Waals surface area contributed by atoms with Crippen molar-refractivity contribution < 1.29 is 19.7 Å². The van der Waals surface area contributed by atoms with Gasteiger partial charge in [0.05, 0.1) is 13.2 Å². The number of aromatic hydroxyl groups is 2. The van der Waals surface area contributed by atoms with E-state index in [1.807, 2.05) is 24.0 Å². The van der Waals surface area contributed by atoms with E-state index in [0.29, 0.717) is 38.3 Å². The molecule has 2 aliphatic rings. The molecule has 1 aromatic rings. The lowest BCUT2D eigenvalue weighted by Gasteiger charge is -2.35. The smallest absolute Gasteiger partial charge is 0.225 e. The SMILES string of the molecule is C=CC.CCCCCCC(C)(C)c1cc(O)c(C2CCCC(C(=O)N3CCOCC3)C2)c(O)c1. The van der Waals surface area contributed by atoms with Crippen LogP contribution in [-0.2, 0) is 14.9 Å². The Morgan fingerprint density at radius 3 is 2.35 bits per heavy atom. The van der Waals surface area contributed by atoms with Crippen LogP contribution < -0.4 is 0 Å². The first kappa shape index (κ1) is 28.2. The standard InChI is InChI=1S/C26H41NO4.C3H6/c1-4-5-6-7-11-26(2,3)21-17-22(28)24(23(29)18-21)19-9-8-10-20(16-19)25(30)27-12-14-31-15-13-27;1-3-2/h17-20,28-29H,4-16H2,1-3H3;3H,1H2,2H3. The Hall–Kier alpha value is -2.01. The molecule has 0 bridgehead atoms. The van der Waals surface area contributed by atoms with E-state index < -0.39 is 0 Å². The maximum absolute atomic E-state index is 13.0. The summed E-state index contributed by atoms with van der Waals surface area (Å²) in [6.07, 6.45) is 11.0. The largest absolute Gasteiger partial charge is 0.508 e. The molecule has 1 aromatic carbocycles. The lowest BCUT2D eigenvalue weighted by molar-refractivity contribution is -0.140. The average Bonchev–Trinajstić information content (AvgIpc) is 2.82. The van der Waals surface area contributed by atoms with Crippen molar-refractivity contribution in [2.75, 3.05) is 26.3 Å². The number of phenolic OH excluding ortho intramolecular Hbond substituents is 2. The van der Waals surface area contributed by atoms with Crippen LogP contribution >= 0.6 is 0 Å². The van der Waals surface area contributed by atoms with Crippen LogP contribution in [0.4, 0.5) is 0 Å². The number of morpholine rings is 1. The molecule has 34 heavy (non-hydrogen) atoms. The van der Waals surface area contributed by atoms with Crippen molar-refractivity contribution >= 4 is 5.91 Å². The Morgan fingerprint density at radius 2 is 1.76 bits per heavy atom. The van der Waals surface area contributed by atoms with Gasteiger partial charge < -0.3 is 19.8 Å². The van der Waals surface area contributed by atoms with Crippen LogP contribution in [0.5, 0.6) is 11.5 Å². The predicted molar refractivity (Wildman–Crippen MR) is 140 cm³/mol. The molecule has 0 radical (unpaired) electrons. The Kier molecular flexibility index (Phi) is 11.4. The van der Waals surface area contributed by atoms with Gasteiger partial charge in [0.25, 0.3) is 0 Å². The van der Waals surface area contributed by atoms with Gasteiger partial charge >= 0.3 is 0 Å². The van der Waals surface area contributed by atoms with E-state index in [0.717, 1.165) is 37.7 Å². The molecule has 2 atom stereocenters. The van der Waals surface area contributed by atoms with Gasteiger partial charge in [0.2, 0.25) is 5.91 Å². The van der Waals surface area contributed by atoms with Gasteiger partial charge in [-0.25, -0.2) is 0 Å². The molecule has 5 nitrogen and oxygen atoms in total. The minimum absolute atomic E-state index is 0.0189. The molecule has 2 fully saturated rings. The first-order valence-electron chi connectivity index (χ1n) is 13.2. The Balaban J connectivity index is 0.00000129. The van der Waals surface area contributed by atoms with E-state index in [4.69, 9.17) is 4.74 Å². The predicted octanol–water partition coefficient (Wildman–Crippen LogP) is 6.67. The molecular weight excluding hydrogens is 426 g/mol. The van der Waals surface area contributed by atoms with Crippen LogP contribution in [0, 0.1) is 5.92 Å². The second kappa shape index (κ2) is 13.8. The number of hydrogen-bond acceptors (Lipinski definition) is 4. The number of phenols is 2. The molecule has 1 heterocycles. The minimum atomic E-state index is -0.0946. The third-order valence-corrected chi connectivity index (χ3v) is 7.33. The Labute approximate surface area is 207 Å². The maximum atomic E-state index is 13.0. The number of carbonyl (C=O) groups is 1. The average molecular weight is 474 g/mol. The summed E-state index contributed by atoms with van der Waals surface area (Å²) >= 11 is 0. The summed E-state index contributed by atoms with van der Waals surface area (Å²) in [7, 11) is 0. The number of amides is 1. The van der Waals surface area contributed by atoms with Crippen LogP contribution in [0.3, 0.4) is 0 Å². The fraction of sp³-hybridized carbons (Fsp3) is 0.690. The van der Waals surface area contributed by atoms with Crippen molar-refractivity contribution in [3.63, 3.8) is 0 Å². The molecular formula is C29H47NO4. The maximum Gasteiger partial charge on any atom is 0.225 e. The molecule has 1 aliphatic carbocycles. The lowest BCUT2D eigenvalue weighted by Crippen LogP contribution is -2.44. The number of benzene rings is 1. The quantitative estimate of drug-likeness (QED) is 0.327. The van der Waals surface area contributed by atoms with Crippen molar-refractivity contribution in [1.82, 2.24) is 4.90 Å². The van der Waals surface area contributed by atoms with E-state index in [2.05, 4.69) is 27.4 Å². The Bertz CT molecular complexity index is 759. The molecule has 1 aliphatic heterocycles. The number of nitrogens with zero attached hydrogens (tertiary/aromatic N) is 1. The van der Waals surface area contributed by atoms with Crippen molar-refractivity contribution in [3.8, 4) is 11.5 Å². The van der Waals surface area contributed by atoms with Crippen molar-refractivity contribution in [3.05, 3.63) is 35.9 Å². The normalized spacial score (nSPS) is 20.9. The minimum Gasteiger partial charge on any atom is -0.508 e. The summed E-state index contributed by atoms with van der Waals surface area (Å²) in [6.45, 7) is 14.4. The molecule has 0 spiro atoms. The number of allylic oxidation sites excluding steroid dienone is 1. The third-order valence-electron chi connectivity index (χ3n) is 7.33. The number of hydrogen-bond donors (Lipinski definition) is 2. The van der Waals surface area contributed by atoms with Crippen molar-refractivity contribution in [1.29, 1.82) is 0 Å². The third kappa shape index (κ3) is 7.76. The number of unbranched alkanes of at least 4 members (excludes halogenated alkanes) is 3. The van der Waals surface area contributed by atoms with Crippen molar-refractivity contribution in [2.24, 2.45) is 5.92 Å². The van der Waals surface area contributed by atoms with Gasteiger partial charge in [-0.05, 0) is 61.6 Å². The second-order valence-electron chi connectivity index (χ2n) is 10.5. The number of rotatable bonds is 8. The molecule has 3 rings (SSSR count). The van der Waals surface area contributed by atoms with E-state index in [-0.39, 0.29) is 34.7 Å². The number of ether oxygens (including phenoxy) is 1. The highest BCUT2D eigenvalue weighted by Crippen LogP contribution is 2.46. The van der Waals surface area contributed by atoms with E-state index in [9.17, 15) is 15.0 Å². The van der Waals surface area contributed by atoms with Crippen LogP contribution in [0.15, 0.2) is 24.8 Å². The van der Waals surface area contributed by atoms with Gasteiger partial charge in [-0.3, -0.25) is 4.79 Å². The summed E-state index contributed by atoms with van der Waals surface area (Å²) < 4.78 is 5.37. The zero-order valence-electron chi connectivity index (χ0n) is 21.9. The van der Waals surface area contributed by atoms with Crippen molar-refractivity contribution in [2.45, 2.75) is 96.8 Å². The van der Waals surface area contributed by atoms with Gasteiger partial charge in [-0.15, -0.1) is 6.58 Å². The van der Waals surface area contributed by atoms with E-state index in [1.54, 1.807) is 6.08 Å². The summed E-state index contributed by atoms with van der Waals surface area (Å²) in [5.74, 6) is 0.551. The molecule has 0 aromatic heterocycles. The van der Waals surface area contributed by atoms with Crippen LogP contribution in [-0.4, -0.2) is 47.3 Å². The van der Waals surface area contributed by atoms with Crippen LogP contribution in [0.1, 0.15) is 103 Å². The fourth-order valence-electron chi connectivity index (χ4n) is 5.29. The molecule has 1 saturated heterocycles. The van der Waals surface area contributed by atoms with E-state index >= 15 is 0 Å². The zero-order chi connectivity index (χ0) is 25.1. The van der Waals surface area contributed by atoms with E-state index in [1.165, 1.54) is 19.3 Å². The number of carbonyl (C=O) groups excluding carboxylic acids is 1. The Morgan fingerprint density at radius 1 is 1.15 bits per heavy atom. The summed E-state index contributed by atoms with van der Waals surface area (Å²) in [5.41, 5.74) is 1.52. The molecule has 2 N–H and O–H groups in total. The zero-order valence-corrected chi connectivity index (χ0v) is 21.9.